The van der Waals surface area contributed by atoms with E-state index in [4.69, 9.17) is 9.47 Å². The first-order valence-corrected chi connectivity index (χ1v) is 3.79. The van der Waals surface area contributed by atoms with Gasteiger partial charge in [0.1, 0.15) is 0 Å². The van der Waals surface area contributed by atoms with E-state index in [0.29, 0.717) is 18.2 Å². The van der Waals surface area contributed by atoms with E-state index in [1.54, 1.807) is 7.11 Å². The molecule has 0 aromatic carbocycles. The van der Waals surface area contributed by atoms with Crippen molar-refractivity contribution in [1.29, 1.82) is 0 Å². The van der Waals surface area contributed by atoms with Crippen LogP contribution >= 0.6 is 12.4 Å². The van der Waals surface area contributed by atoms with Gasteiger partial charge in [-0.25, -0.2) is 0 Å². The summed E-state index contributed by atoms with van der Waals surface area (Å²) in [5.74, 6) is 0. The summed E-state index contributed by atoms with van der Waals surface area (Å²) in [6.07, 6.45) is 1.79. The van der Waals surface area contributed by atoms with E-state index in [-0.39, 0.29) is 12.4 Å². The molecular weight excluding hydrogens is 166 g/mol. The van der Waals surface area contributed by atoms with Crippen molar-refractivity contribution in [3.05, 3.63) is 0 Å². The Morgan fingerprint density at radius 2 is 2.36 bits per heavy atom. The topological polar surface area (TPSA) is 30.5 Å². The Hall–Kier alpha value is 0.170. The largest absolute Gasteiger partial charge is 0.379 e. The molecule has 0 spiro atoms. The van der Waals surface area contributed by atoms with Crippen LogP contribution in [-0.4, -0.2) is 38.5 Å². The molecule has 2 aliphatic rings. The molecule has 0 unspecified atom stereocenters. The van der Waals surface area contributed by atoms with Gasteiger partial charge in [0.2, 0.25) is 0 Å². The van der Waals surface area contributed by atoms with Crippen molar-refractivity contribution in [2.24, 2.45) is 0 Å². The third kappa shape index (κ3) is 1.51. The van der Waals surface area contributed by atoms with Crippen LogP contribution in [0, 0.1) is 0 Å². The molecule has 4 heteroatoms. The second-order valence-electron chi connectivity index (χ2n) is 2.91. The summed E-state index contributed by atoms with van der Waals surface area (Å²) >= 11 is 0. The number of ether oxygens (including phenoxy) is 2. The molecule has 1 aliphatic heterocycles. The predicted molar refractivity (Wildman–Crippen MR) is 44.2 cm³/mol. The lowest BCUT2D eigenvalue weighted by Gasteiger charge is -2.46. The maximum atomic E-state index is 5.49. The van der Waals surface area contributed by atoms with Crippen LogP contribution in [0.5, 0.6) is 0 Å². The second-order valence-corrected chi connectivity index (χ2v) is 2.91. The Kier molecular flexibility index (Phi) is 3.13. The van der Waals surface area contributed by atoms with Gasteiger partial charge in [0.15, 0.2) is 0 Å². The molecule has 11 heavy (non-hydrogen) atoms. The molecule has 2 fully saturated rings. The fourth-order valence-electron chi connectivity index (χ4n) is 1.67. The van der Waals surface area contributed by atoms with Crippen LogP contribution in [0.15, 0.2) is 0 Å². The summed E-state index contributed by atoms with van der Waals surface area (Å²) in [4.78, 5) is 0. The molecule has 0 radical (unpaired) electrons. The van der Waals surface area contributed by atoms with Gasteiger partial charge in [-0.2, -0.15) is 0 Å². The summed E-state index contributed by atoms with van der Waals surface area (Å²) in [5.41, 5.74) is 0. The normalized spacial score (nSPS) is 41.7. The van der Waals surface area contributed by atoms with E-state index >= 15 is 0 Å². The number of fused-ring (bicyclic) bond motifs is 1. The quantitative estimate of drug-likeness (QED) is 0.623. The molecule has 0 aromatic heterocycles. The summed E-state index contributed by atoms with van der Waals surface area (Å²) < 4.78 is 10.7. The van der Waals surface area contributed by atoms with Gasteiger partial charge in [-0.1, -0.05) is 0 Å². The van der Waals surface area contributed by atoms with E-state index in [1.165, 1.54) is 0 Å². The van der Waals surface area contributed by atoms with Gasteiger partial charge in [-0.15, -0.1) is 12.4 Å². The van der Waals surface area contributed by atoms with Gasteiger partial charge in [-0.05, 0) is 6.42 Å². The average molecular weight is 180 g/mol. The van der Waals surface area contributed by atoms with Crippen molar-refractivity contribution in [2.75, 3.05) is 20.3 Å². The zero-order valence-electron chi connectivity index (χ0n) is 6.58. The molecule has 3 atom stereocenters. The van der Waals surface area contributed by atoms with Crippen molar-refractivity contribution < 1.29 is 9.47 Å². The van der Waals surface area contributed by atoms with E-state index in [0.717, 1.165) is 19.6 Å². The number of morpholine rings is 1. The average Bonchev–Trinajstić information content (AvgIpc) is 1.92. The number of methoxy groups -OCH3 is 1. The van der Waals surface area contributed by atoms with Gasteiger partial charge in [0.05, 0.1) is 18.8 Å². The molecular formula is C7H14ClNO2. The summed E-state index contributed by atoms with van der Waals surface area (Å²) in [6, 6.07) is 0.568. The maximum Gasteiger partial charge on any atom is 0.0991 e. The van der Waals surface area contributed by atoms with Crippen LogP contribution in [0.25, 0.3) is 0 Å². The van der Waals surface area contributed by atoms with Crippen LogP contribution in [-0.2, 0) is 9.47 Å². The number of rotatable bonds is 1. The van der Waals surface area contributed by atoms with Crippen molar-refractivity contribution in [3.63, 3.8) is 0 Å². The third-order valence-electron chi connectivity index (χ3n) is 2.37. The van der Waals surface area contributed by atoms with Gasteiger partial charge in [0.25, 0.3) is 0 Å². The maximum absolute atomic E-state index is 5.49. The number of nitrogens with one attached hydrogen (secondary N) is 1. The van der Waals surface area contributed by atoms with Crippen molar-refractivity contribution >= 4 is 12.4 Å². The van der Waals surface area contributed by atoms with Crippen molar-refractivity contribution in [1.82, 2.24) is 5.32 Å². The molecule has 1 saturated heterocycles. The molecule has 1 saturated carbocycles. The number of hydrogen-bond donors (Lipinski definition) is 1. The van der Waals surface area contributed by atoms with Gasteiger partial charge >= 0.3 is 0 Å². The monoisotopic (exact) mass is 179 g/mol. The molecule has 0 aromatic rings. The first-order valence-electron chi connectivity index (χ1n) is 3.79. The first kappa shape index (κ1) is 9.26. The second kappa shape index (κ2) is 3.72. The molecule has 1 N–H and O–H groups in total. The highest BCUT2D eigenvalue weighted by Gasteiger charge is 2.43. The Morgan fingerprint density at radius 1 is 1.55 bits per heavy atom. The zero-order chi connectivity index (χ0) is 6.97. The number of hydrogen-bond acceptors (Lipinski definition) is 3. The fourth-order valence-corrected chi connectivity index (χ4v) is 1.67. The van der Waals surface area contributed by atoms with Crippen molar-refractivity contribution in [2.45, 2.75) is 24.7 Å². The molecule has 0 bridgehead atoms. The van der Waals surface area contributed by atoms with Gasteiger partial charge in [0, 0.05) is 19.7 Å². The number of halogens is 1. The summed E-state index contributed by atoms with van der Waals surface area (Å²) in [6.45, 7) is 1.83. The van der Waals surface area contributed by atoms with E-state index < -0.39 is 0 Å². The van der Waals surface area contributed by atoms with Crippen LogP contribution in [0.3, 0.4) is 0 Å². The Bertz CT molecular complexity index is 130. The molecule has 1 aliphatic carbocycles. The van der Waals surface area contributed by atoms with Crippen LogP contribution in [0.1, 0.15) is 6.42 Å². The molecule has 0 amide bonds. The minimum Gasteiger partial charge on any atom is -0.379 e. The summed E-state index contributed by atoms with van der Waals surface area (Å²) in [7, 11) is 1.75. The summed E-state index contributed by atoms with van der Waals surface area (Å²) in [5, 5.41) is 3.38. The first-order chi connectivity index (χ1) is 4.92. The smallest absolute Gasteiger partial charge is 0.0991 e. The fraction of sp³-hybridized carbons (Fsp3) is 1.00. The van der Waals surface area contributed by atoms with Crippen molar-refractivity contribution in [3.8, 4) is 0 Å². The molecule has 66 valence electrons. The Balaban J connectivity index is 0.000000605. The lowest BCUT2D eigenvalue weighted by molar-refractivity contribution is -0.152. The third-order valence-corrected chi connectivity index (χ3v) is 2.37. The van der Waals surface area contributed by atoms with Gasteiger partial charge < -0.3 is 14.8 Å². The molecule has 2 rings (SSSR count). The van der Waals surface area contributed by atoms with Crippen LogP contribution < -0.4 is 5.32 Å². The molecule has 3 nitrogen and oxygen atoms in total. The Morgan fingerprint density at radius 3 is 3.00 bits per heavy atom. The lowest BCUT2D eigenvalue weighted by atomic mass is 9.84. The Labute approximate surface area is 72.8 Å². The van der Waals surface area contributed by atoms with E-state index in [1.807, 2.05) is 0 Å². The minimum absolute atomic E-state index is 0. The van der Waals surface area contributed by atoms with Gasteiger partial charge in [-0.3, -0.25) is 0 Å². The highest BCUT2D eigenvalue weighted by Crippen LogP contribution is 2.28. The van der Waals surface area contributed by atoms with Crippen LogP contribution in [0.4, 0.5) is 0 Å². The lowest BCUT2D eigenvalue weighted by Crippen LogP contribution is -2.63. The standard InChI is InChI=1S/C7H13NO2.ClH/c1-9-6-4-5-7(6)10-3-2-8-5;/h5-8H,2-4H2,1H3;1H/t5-,6-,7-;/m1./s1. The van der Waals surface area contributed by atoms with E-state index in [2.05, 4.69) is 5.32 Å². The zero-order valence-corrected chi connectivity index (χ0v) is 7.39. The highest BCUT2D eigenvalue weighted by molar-refractivity contribution is 5.85. The van der Waals surface area contributed by atoms with E-state index in [9.17, 15) is 0 Å². The minimum atomic E-state index is 0. The molecule has 1 heterocycles. The highest BCUT2D eigenvalue weighted by atomic mass is 35.5. The van der Waals surface area contributed by atoms with Crippen LogP contribution in [0.2, 0.25) is 0 Å². The predicted octanol–water partition coefficient (Wildman–Crippen LogP) is 0.184. The SMILES string of the molecule is CO[C@@H]1C[C@H]2NCCO[C@H]21.Cl.